The van der Waals surface area contributed by atoms with Crippen molar-refractivity contribution in [1.29, 1.82) is 0 Å². The van der Waals surface area contributed by atoms with Crippen LogP contribution in [0.5, 0.6) is 0 Å². The summed E-state index contributed by atoms with van der Waals surface area (Å²) in [6.07, 6.45) is 2.11. The third-order valence-corrected chi connectivity index (χ3v) is 3.53. The lowest BCUT2D eigenvalue weighted by atomic mass is 9.84. The zero-order valence-electron chi connectivity index (χ0n) is 11.5. The van der Waals surface area contributed by atoms with Crippen LogP contribution >= 0.6 is 0 Å². The van der Waals surface area contributed by atoms with Crippen LogP contribution in [0.1, 0.15) is 33.1 Å². The summed E-state index contributed by atoms with van der Waals surface area (Å²) < 4.78 is 5.33. The fraction of sp³-hybridized carbons (Fsp3) is 0.923. The molecule has 0 radical (unpaired) electrons. The van der Waals surface area contributed by atoms with Crippen molar-refractivity contribution in [2.24, 2.45) is 11.1 Å². The molecule has 5 nitrogen and oxygen atoms in total. The van der Waals surface area contributed by atoms with Gasteiger partial charge in [-0.2, -0.15) is 0 Å². The maximum atomic E-state index is 12.1. The molecule has 1 saturated heterocycles. The van der Waals surface area contributed by atoms with Gasteiger partial charge >= 0.3 is 0 Å². The van der Waals surface area contributed by atoms with Crippen LogP contribution < -0.4 is 5.73 Å². The van der Waals surface area contributed by atoms with Gasteiger partial charge < -0.3 is 20.5 Å². The van der Waals surface area contributed by atoms with Crippen LogP contribution in [0.2, 0.25) is 0 Å². The van der Waals surface area contributed by atoms with Gasteiger partial charge in [-0.05, 0) is 24.8 Å². The Morgan fingerprint density at radius 2 is 2.22 bits per heavy atom. The van der Waals surface area contributed by atoms with E-state index < -0.39 is 0 Å². The van der Waals surface area contributed by atoms with Crippen molar-refractivity contribution < 1.29 is 14.6 Å². The van der Waals surface area contributed by atoms with Gasteiger partial charge in [0.15, 0.2) is 0 Å². The van der Waals surface area contributed by atoms with Gasteiger partial charge in [-0.15, -0.1) is 0 Å². The minimum atomic E-state index is -0.222. The molecule has 106 valence electrons. The van der Waals surface area contributed by atoms with Crippen LogP contribution in [0.15, 0.2) is 0 Å². The highest BCUT2D eigenvalue weighted by Crippen LogP contribution is 2.26. The second-order valence-electron chi connectivity index (χ2n) is 5.72. The van der Waals surface area contributed by atoms with E-state index in [0.29, 0.717) is 32.7 Å². The number of carbonyl (C=O) groups excluding carboxylic acids is 1. The molecule has 0 bridgehead atoms. The summed E-state index contributed by atoms with van der Waals surface area (Å²) in [6.45, 7) is 6.57. The van der Waals surface area contributed by atoms with Gasteiger partial charge in [-0.1, -0.05) is 13.8 Å². The van der Waals surface area contributed by atoms with E-state index in [-0.39, 0.29) is 24.0 Å². The summed E-state index contributed by atoms with van der Waals surface area (Å²) in [7, 11) is 0. The molecule has 5 heteroatoms. The lowest BCUT2D eigenvalue weighted by Crippen LogP contribution is -2.47. The zero-order chi connectivity index (χ0) is 13.6. The molecule has 1 aliphatic heterocycles. The quantitative estimate of drug-likeness (QED) is 0.721. The Balaban J connectivity index is 2.36. The van der Waals surface area contributed by atoms with Crippen LogP contribution in [0.25, 0.3) is 0 Å². The fourth-order valence-corrected chi connectivity index (χ4v) is 2.18. The molecule has 0 aromatic rings. The first-order chi connectivity index (χ1) is 8.48. The number of carbonyl (C=O) groups is 1. The second-order valence-corrected chi connectivity index (χ2v) is 5.72. The third-order valence-electron chi connectivity index (χ3n) is 3.53. The average Bonchev–Trinajstić information content (AvgIpc) is 2.36. The van der Waals surface area contributed by atoms with Gasteiger partial charge in [0, 0.05) is 19.5 Å². The van der Waals surface area contributed by atoms with E-state index in [2.05, 4.69) is 13.8 Å². The van der Waals surface area contributed by atoms with E-state index in [1.807, 2.05) is 0 Å². The summed E-state index contributed by atoms with van der Waals surface area (Å²) in [6, 6.07) is 0. The second kappa shape index (κ2) is 7.07. The Kier molecular flexibility index (Phi) is 6.05. The summed E-state index contributed by atoms with van der Waals surface area (Å²) >= 11 is 0. The van der Waals surface area contributed by atoms with E-state index in [1.54, 1.807) is 4.90 Å². The number of aliphatic hydroxyl groups excluding tert-OH is 1. The van der Waals surface area contributed by atoms with Crippen molar-refractivity contribution in [2.45, 2.75) is 39.2 Å². The van der Waals surface area contributed by atoms with E-state index in [4.69, 9.17) is 15.6 Å². The standard InChI is InChI=1S/C13H26N2O3/c1-13(2,5-6-14)4-3-12(17)15-7-8-18-11(9-15)10-16/h11,16H,3-10,14H2,1-2H3. The molecule has 1 aliphatic rings. The average molecular weight is 258 g/mol. The molecule has 0 saturated carbocycles. The molecule has 0 spiro atoms. The van der Waals surface area contributed by atoms with Gasteiger partial charge in [0.05, 0.1) is 19.3 Å². The van der Waals surface area contributed by atoms with E-state index in [1.165, 1.54) is 0 Å². The summed E-state index contributed by atoms with van der Waals surface area (Å²) in [5.74, 6) is 0.154. The smallest absolute Gasteiger partial charge is 0.222 e. The summed E-state index contributed by atoms with van der Waals surface area (Å²) in [5.41, 5.74) is 5.68. The Morgan fingerprint density at radius 1 is 1.50 bits per heavy atom. The summed E-state index contributed by atoms with van der Waals surface area (Å²) in [4.78, 5) is 13.9. The van der Waals surface area contributed by atoms with Gasteiger partial charge in [-0.25, -0.2) is 0 Å². The molecule has 1 fully saturated rings. The largest absolute Gasteiger partial charge is 0.394 e. The topological polar surface area (TPSA) is 75.8 Å². The van der Waals surface area contributed by atoms with E-state index >= 15 is 0 Å². The van der Waals surface area contributed by atoms with Crippen molar-refractivity contribution in [3.63, 3.8) is 0 Å². The van der Waals surface area contributed by atoms with Crippen LogP contribution in [0.4, 0.5) is 0 Å². The number of hydrogen-bond acceptors (Lipinski definition) is 4. The number of ether oxygens (including phenoxy) is 1. The van der Waals surface area contributed by atoms with Crippen LogP contribution in [0.3, 0.4) is 0 Å². The molecule has 1 amide bonds. The molecular weight excluding hydrogens is 232 g/mol. The van der Waals surface area contributed by atoms with Gasteiger partial charge in [-0.3, -0.25) is 4.79 Å². The SMILES string of the molecule is CC(C)(CCN)CCC(=O)N1CCOC(CO)C1. The predicted octanol–water partition coefficient (Wildman–Crippen LogP) is 0.361. The number of morpholine rings is 1. The molecule has 1 unspecified atom stereocenters. The first kappa shape index (κ1) is 15.4. The van der Waals surface area contributed by atoms with Crippen LogP contribution in [0, 0.1) is 5.41 Å². The maximum absolute atomic E-state index is 12.1. The molecule has 1 atom stereocenters. The first-order valence-corrected chi connectivity index (χ1v) is 6.69. The highest BCUT2D eigenvalue weighted by atomic mass is 16.5. The van der Waals surface area contributed by atoms with Crippen molar-refractivity contribution in [1.82, 2.24) is 4.90 Å². The highest BCUT2D eigenvalue weighted by Gasteiger charge is 2.25. The number of hydrogen-bond donors (Lipinski definition) is 2. The maximum Gasteiger partial charge on any atom is 0.222 e. The van der Waals surface area contributed by atoms with Gasteiger partial charge in [0.25, 0.3) is 0 Å². The molecular formula is C13H26N2O3. The van der Waals surface area contributed by atoms with Gasteiger partial charge in [0.1, 0.15) is 0 Å². The van der Waals surface area contributed by atoms with Gasteiger partial charge in [0.2, 0.25) is 5.91 Å². The zero-order valence-corrected chi connectivity index (χ0v) is 11.5. The lowest BCUT2D eigenvalue weighted by molar-refractivity contribution is -0.140. The Labute approximate surface area is 109 Å². The predicted molar refractivity (Wildman–Crippen MR) is 70.1 cm³/mol. The lowest BCUT2D eigenvalue weighted by Gasteiger charge is -2.33. The van der Waals surface area contributed by atoms with Crippen LogP contribution in [-0.4, -0.2) is 54.9 Å². The number of nitrogens with two attached hydrogens (primary N) is 1. The third kappa shape index (κ3) is 4.92. The Bertz CT molecular complexity index is 269. The molecule has 1 heterocycles. The number of amides is 1. The molecule has 0 aliphatic carbocycles. The van der Waals surface area contributed by atoms with Crippen molar-refractivity contribution in [3.05, 3.63) is 0 Å². The van der Waals surface area contributed by atoms with E-state index in [9.17, 15) is 4.79 Å². The van der Waals surface area contributed by atoms with Crippen molar-refractivity contribution in [2.75, 3.05) is 32.8 Å². The van der Waals surface area contributed by atoms with Crippen LogP contribution in [-0.2, 0) is 9.53 Å². The van der Waals surface area contributed by atoms with Crippen molar-refractivity contribution >= 4 is 5.91 Å². The summed E-state index contributed by atoms with van der Waals surface area (Å²) in [5, 5.41) is 9.04. The molecule has 1 rings (SSSR count). The molecule has 0 aromatic carbocycles. The van der Waals surface area contributed by atoms with E-state index in [0.717, 1.165) is 12.8 Å². The fourth-order valence-electron chi connectivity index (χ4n) is 2.18. The molecule has 0 aromatic heterocycles. The van der Waals surface area contributed by atoms with Crippen molar-refractivity contribution in [3.8, 4) is 0 Å². The molecule has 3 N–H and O–H groups in total. The Hall–Kier alpha value is -0.650. The molecule has 18 heavy (non-hydrogen) atoms. The minimum Gasteiger partial charge on any atom is -0.394 e. The monoisotopic (exact) mass is 258 g/mol. The minimum absolute atomic E-state index is 0.0254. The number of rotatable bonds is 6. The highest BCUT2D eigenvalue weighted by molar-refractivity contribution is 5.76. The normalized spacial score (nSPS) is 21.1. The Morgan fingerprint density at radius 3 is 2.83 bits per heavy atom. The number of nitrogens with zero attached hydrogens (tertiary/aromatic N) is 1. The first-order valence-electron chi connectivity index (χ1n) is 6.69. The number of aliphatic hydroxyl groups is 1.